The minimum Gasteiger partial charge on any atom is -0.493 e. The molecule has 28 heavy (non-hydrogen) atoms. The normalized spacial score (nSPS) is 10.8. The summed E-state index contributed by atoms with van der Waals surface area (Å²) in [5.41, 5.74) is 2.51. The van der Waals surface area contributed by atoms with Gasteiger partial charge in [0.2, 0.25) is 5.75 Å². The zero-order valence-corrected chi connectivity index (χ0v) is 16.6. The molecule has 7 nitrogen and oxygen atoms in total. The summed E-state index contributed by atoms with van der Waals surface area (Å²) in [7, 11) is 4.79. The Morgan fingerprint density at radius 2 is 1.86 bits per heavy atom. The van der Waals surface area contributed by atoms with E-state index in [0.29, 0.717) is 23.8 Å². The van der Waals surface area contributed by atoms with Gasteiger partial charge in [-0.2, -0.15) is 0 Å². The molecule has 1 aromatic carbocycles. The van der Waals surface area contributed by atoms with Crippen LogP contribution in [0, 0.1) is 0 Å². The summed E-state index contributed by atoms with van der Waals surface area (Å²) in [4.78, 5) is 10.3. The van der Waals surface area contributed by atoms with Gasteiger partial charge in [0.05, 0.1) is 39.8 Å². The van der Waals surface area contributed by atoms with Gasteiger partial charge in [-0.15, -0.1) is 11.3 Å². The van der Waals surface area contributed by atoms with Gasteiger partial charge < -0.3 is 19.5 Å². The molecule has 3 aromatic heterocycles. The summed E-state index contributed by atoms with van der Waals surface area (Å²) >= 11 is 1.70. The van der Waals surface area contributed by atoms with Crippen molar-refractivity contribution < 1.29 is 14.2 Å². The molecule has 0 aliphatic heterocycles. The van der Waals surface area contributed by atoms with E-state index in [1.165, 1.54) is 4.88 Å². The molecule has 0 amide bonds. The topological polar surface area (TPSA) is 69.9 Å². The van der Waals surface area contributed by atoms with Crippen molar-refractivity contribution in [2.24, 2.45) is 0 Å². The second-order valence-electron chi connectivity index (χ2n) is 5.96. The number of anilines is 1. The molecule has 8 heteroatoms. The number of fused-ring (bicyclic) bond motifs is 1. The quantitative estimate of drug-likeness (QED) is 0.507. The molecule has 0 radical (unpaired) electrons. The monoisotopic (exact) mass is 396 g/mol. The van der Waals surface area contributed by atoms with Crippen molar-refractivity contribution in [3.8, 4) is 28.5 Å². The number of rotatable bonds is 7. The van der Waals surface area contributed by atoms with E-state index in [9.17, 15) is 0 Å². The van der Waals surface area contributed by atoms with Gasteiger partial charge in [0, 0.05) is 22.8 Å². The Kier molecular flexibility index (Phi) is 5.03. The summed E-state index contributed by atoms with van der Waals surface area (Å²) in [6.45, 7) is 0.705. The minimum atomic E-state index is 0.554. The van der Waals surface area contributed by atoms with E-state index in [4.69, 9.17) is 14.2 Å². The Morgan fingerprint density at radius 1 is 1.07 bits per heavy atom. The molecule has 3 heterocycles. The van der Waals surface area contributed by atoms with Crippen LogP contribution in [0.2, 0.25) is 0 Å². The maximum Gasteiger partial charge on any atom is 0.203 e. The van der Waals surface area contributed by atoms with Crippen LogP contribution in [0.25, 0.3) is 16.9 Å². The molecule has 0 aliphatic rings. The zero-order valence-electron chi connectivity index (χ0n) is 15.8. The van der Waals surface area contributed by atoms with Crippen molar-refractivity contribution in [2.45, 2.75) is 6.54 Å². The van der Waals surface area contributed by atoms with Crippen molar-refractivity contribution in [1.29, 1.82) is 0 Å². The lowest BCUT2D eigenvalue weighted by Gasteiger charge is -2.15. The number of imidazole rings is 1. The van der Waals surface area contributed by atoms with Gasteiger partial charge >= 0.3 is 0 Å². The average Bonchev–Trinajstić information content (AvgIpc) is 3.42. The summed E-state index contributed by atoms with van der Waals surface area (Å²) in [6, 6.07) is 7.92. The molecule has 144 valence electrons. The average molecular weight is 396 g/mol. The number of aromatic nitrogens is 3. The number of benzene rings is 1. The summed E-state index contributed by atoms with van der Waals surface area (Å²) in [5, 5.41) is 5.42. The Bertz CT molecular complexity index is 1070. The van der Waals surface area contributed by atoms with Crippen LogP contribution in [0.5, 0.6) is 17.2 Å². The van der Waals surface area contributed by atoms with Gasteiger partial charge in [0.15, 0.2) is 23.0 Å². The second kappa shape index (κ2) is 7.77. The van der Waals surface area contributed by atoms with E-state index in [0.717, 1.165) is 22.7 Å². The van der Waals surface area contributed by atoms with Crippen molar-refractivity contribution in [2.75, 3.05) is 26.6 Å². The second-order valence-corrected chi connectivity index (χ2v) is 6.99. The van der Waals surface area contributed by atoms with E-state index >= 15 is 0 Å². The molecule has 0 unspecified atom stereocenters. The molecule has 4 rings (SSSR count). The fraction of sp³-hybridized carbons (Fsp3) is 0.200. The number of hydrogen-bond acceptors (Lipinski definition) is 7. The summed E-state index contributed by atoms with van der Waals surface area (Å²) < 4.78 is 18.4. The first-order valence-corrected chi connectivity index (χ1v) is 9.51. The lowest BCUT2D eigenvalue weighted by atomic mass is 10.1. The number of hydrogen-bond donors (Lipinski definition) is 1. The van der Waals surface area contributed by atoms with Crippen LogP contribution in [0.4, 0.5) is 5.82 Å². The molecule has 0 saturated heterocycles. The van der Waals surface area contributed by atoms with Crippen LogP contribution in [-0.2, 0) is 6.54 Å². The Balaban J connectivity index is 1.76. The Hall–Kier alpha value is -3.26. The number of nitrogens with zero attached hydrogens (tertiary/aromatic N) is 3. The van der Waals surface area contributed by atoms with E-state index < -0.39 is 0 Å². The third-order valence-corrected chi connectivity index (χ3v) is 5.28. The molecular weight excluding hydrogens is 376 g/mol. The molecule has 0 aliphatic carbocycles. The predicted octanol–water partition coefficient (Wildman–Crippen LogP) is 4.10. The van der Waals surface area contributed by atoms with Crippen molar-refractivity contribution in [3.05, 3.63) is 53.1 Å². The molecule has 0 saturated carbocycles. The fourth-order valence-electron chi connectivity index (χ4n) is 3.07. The van der Waals surface area contributed by atoms with Crippen LogP contribution in [-0.4, -0.2) is 35.7 Å². The smallest absolute Gasteiger partial charge is 0.203 e. The Labute approximate surface area is 166 Å². The molecular formula is C20H20N4O3S. The Morgan fingerprint density at radius 3 is 2.50 bits per heavy atom. The predicted molar refractivity (Wildman–Crippen MR) is 110 cm³/mol. The highest BCUT2D eigenvalue weighted by atomic mass is 32.1. The third kappa shape index (κ3) is 3.22. The number of thiophene rings is 1. The van der Waals surface area contributed by atoms with Crippen molar-refractivity contribution >= 4 is 22.8 Å². The van der Waals surface area contributed by atoms with Gasteiger partial charge in [0.25, 0.3) is 0 Å². The van der Waals surface area contributed by atoms with E-state index in [-0.39, 0.29) is 0 Å². The van der Waals surface area contributed by atoms with Gasteiger partial charge in [-0.25, -0.2) is 9.97 Å². The molecule has 0 fully saturated rings. The number of nitrogens with one attached hydrogen (secondary N) is 1. The molecule has 0 atom stereocenters. The SMILES string of the molecule is COc1cc(-c2cnc(NCc3cccs3)c3nccn23)cc(OC)c1OC. The largest absolute Gasteiger partial charge is 0.493 e. The highest BCUT2D eigenvalue weighted by molar-refractivity contribution is 7.09. The van der Waals surface area contributed by atoms with E-state index in [1.807, 2.05) is 35.0 Å². The summed E-state index contributed by atoms with van der Waals surface area (Å²) in [5.74, 6) is 2.46. The van der Waals surface area contributed by atoms with Crippen LogP contribution < -0.4 is 19.5 Å². The zero-order chi connectivity index (χ0) is 19.5. The molecule has 0 spiro atoms. The van der Waals surface area contributed by atoms with Crippen molar-refractivity contribution in [3.63, 3.8) is 0 Å². The van der Waals surface area contributed by atoms with E-state index in [2.05, 4.69) is 26.7 Å². The van der Waals surface area contributed by atoms with Crippen LogP contribution >= 0.6 is 11.3 Å². The van der Waals surface area contributed by atoms with E-state index in [1.54, 1.807) is 38.9 Å². The van der Waals surface area contributed by atoms with Crippen LogP contribution in [0.15, 0.2) is 48.2 Å². The van der Waals surface area contributed by atoms with Gasteiger partial charge in [-0.1, -0.05) is 6.07 Å². The maximum absolute atomic E-state index is 5.48. The molecule has 1 N–H and O–H groups in total. The standard InChI is InChI=1S/C20H20N4O3S/c1-25-16-9-13(10-17(26-2)18(16)27-3)15-12-23-19(20-21-6-7-24(15)20)22-11-14-5-4-8-28-14/h4-10,12H,11H2,1-3H3,(H,22,23). The first-order chi connectivity index (χ1) is 13.7. The highest BCUT2D eigenvalue weighted by Crippen LogP contribution is 2.41. The first kappa shape index (κ1) is 18.1. The first-order valence-electron chi connectivity index (χ1n) is 8.64. The fourth-order valence-corrected chi connectivity index (χ4v) is 3.71. The maximum atomic E-state index is 5.48. The van der Waals surface area contributed by atoms with Gasteiger partial charge in [-0.3, -0.25) is 4.40 Å². The lowest BCUT2D eigenvalue weighted by molar-refractivity contribution is 0.324. The number of ether oxygens (including phenoxy) is 3. The van der Waals surface area contributed by atoms with Crippen LogP contribution in [0.3, 0.4) is 0 Å². The number of methoxy groups -OCH3 is 3. The van der Waals surface area contributed by atoms with Gasteiger partial charge in [-0.05, 0) is 23.6 Å². The third-order valence-electron chi connectivity index (χ3n) is 4.40. The van der Waals surface area contributed by atoms with Crippen LogP contribution in [0.1, 0.15) is 4.88 Å². The summed E-state index contributed by atoms with van der Waals surface area (Å²) in [6.07, 6.45) is 5.48. The van der Waals surface area contributed by atoms with Gasteiger partial charge in [0.1, 0.15) is 0 Å². The minimum absolute atomic E-state index is 0.554. The van der Waals surface area contributed by atoms with Crippen molar-refractivity contribution in [1.82, 2.24) is 14.4 Å². The molecule has 4 aromatic rings. The lowest BCUT2D eigenvalue weighted by Crippen LogP contribution is -2.04. The molecule has 0 bridgehead atoms. The highest BCUT2D eigenvalue weighted by Gasteiger charge is 2.17.